The lowest BCUT2D eigenvalue weighted by atomic mass is 10.1. The number of ether oxygens (including phenoxy) is 3. The maximum absolute atomic E-state index is 14.1. The van der Waals surface area contributed by atoms with E-state index in [1.165, 1.54) is 21.2 Å². The van der Waals surface area contributed by atoms with E-state index in [0.29, 0.717) is 139 Å². The minimum Gasteiger partial charge on any atom is -0.444 e. The Balaban J connectivity index is 0.000000206. The van der Waals surface area contributed by atoms with E-state index in [4.69, 9.17) is 14.2 Å². The van der Waals surface area contributed by atoms with E-state index >= 15 is 0 Å². The third-order valence-electron chi connectivity index (χ3n) is 14.2. The molecule has 10 rings (SSSR count). The van der Waals surface area contributed by atoms with Crippen LogP contribution in [0.4, 0.5) is 53.9 Å². The largest absolute Gasteiger partial charge is 0.444 e. The van der Waals surface area contributed by atoms with Gasteiger partial charge in [0.2, 0.25) is 23.4 Å². The van der Waals surface area contributed by atoms with Crippen LogP contribution in [0.15, 0.2) is 67.1 Å². The van der Waals surface area contributed by atoms with Gasteiger partial charge < -0.3 is 54.0 Å². The van der Waals surface area contributed by atoms with Gasteiger partial charge in [0.05, 0.1) is 60.3 Å². The van der Waals surface area contributed by atoms with Crippen LogP contribution >= 0.6 is 31.9 Å². The zero-order valence-electron chi connectivity index (χ0n) is 47.1. The number of amides is 3. The number of fused-ring (bicyclic) bond motifs is 2. The molecule has 0 unspecified atom stereocenters. The van der Waals surface area contributed by atoms with Crippen molar-refractivity contribution in [2.24, 2.45) is 0 Å². The predicted molar refractivity (Wildman–Crippen MR) is 311 cm³/mol. The fourth-order valence-corrected chi connectivity index (χ4v) is 11.1. The van der Waals surface area contributed by atoms with Crippen LogP contribution in [0.25, 0.3) is 22.7 Å². The molecule has 0 aliphatic carbocycles. The van der Waals surface area contributed by atoms with Gasteiger partial charge in [0.25, 0.3) is 11.1 Å². The van der Waals surface area contributed by atoms with Gasteiger partial charge in [-0.2, -0.15) is 45.3 Å². The average molecular weight is 1320 g/mol. The van der Waals surface area contributed by atoms with Gasteiger partial charge in [-0.3, -0.25) is 19.2 Å². The zero-order chi connectivity index (χ0) is 61.1. The van der Waals surface area contributed by atoms with Gasteiger partial charge in [-0.1, -0.05) is 26.0 Å². The normalized spacial score (nSPS) is 16.2. The molecule has 0 radical (unpaired) electrons. The molecule has 0 spiro atoms. The number of carbonyl (C=O) groups is 3. The maximum atomic E-state index is 14.1. The van der Waals surface area contributed by atoms with Crippen molar-refractivity contribution >= 4 is 95.2 Å². The first-order valence-corrected chi connectivity index (χ1v) is 29.0. The van der Waals surface area contributed by atoms with Crippen LogP contribution in [0.3, 0.4) is 0 Å². The molecular formula is C55H62Br2F6N14O8. The molecule has 456 valence electrons. The molecule has 0 saturated carbocycles. The van der Waals surface area contributed by atoms with Gasteiger partial charge in [0, 0.05) is 61.3 Å². The Kier molecular flexibility index (Phi) is 19.0. The lowest BCUT2D eigenvalue weighted by molar-refractivity contribution is -0.138. The lowest BCUT2D eigenvalue weighted by Gasteiger charge is -2.37. The molecule has 4 aromatic heterocycles. The first kappa shape index (κ1) is 62.4. The molecule has 2 saturated heterocycles. The summed E-state index contributed by atoms with van der Waals surface area (Å²) in [6.45, 7) is 14.3. The molecule has 4 aliphatic heterocycles. The van der Waals surface area contributed by atoms with Crippen LogP contribution in [0, 0.1) is 0 Å². The first-order chi connectivity index (χ1) is 40.3. The smallest absolute Gasteiger partial charge is 0.416 e. The van der Waals surface area contributed by atoms with Crippen LogP contribution in [-0.2, 0) is 62.1 Å². The van der Waals surface area contributed by atoms with E-state index in [1.54, 1.807) is 34.8 Å². The summed E-state index contributed by atoms with van der Waals surface area (Å²) in [6, 6.07) is 5.98. The van der Waals surface area contributed by atoms with Gasteiger partial charge in [0.1, 0.15) is 30.1 Å². The number of nitrogens with zero attached hydrogens (tertiary/aromatic N) is 11. The van der Waals surface area contributed by atoms with Gasteiger partial charge in [-0.25, -0.2) is 4.79 Å². The molecule has 30 heteroatoms. The fourth-order valence-electron chi connectivity index (χ4n) is 10.2. The van der Waals surface area contributed by atoms with E-state index in [9.17, 15) is 50.3 Å². The molecule has 2 aromatic carbocycles. The maximum Gasteiger partial charge on any atom is 0.416 e. The van der Waals surface area contributed by atoms with Crippen LogP contribution < -0.4 is 36.9 Å². The van der Waals surface area contributed by atoms with E-state index in [-0.39, 0.29) is 50.5 Å². The molecule has 0 bridgehead atoms. The molecule has 85 heavy (non-hydrogen) atoms. The molecular weight excluding hydrogens is 1260 g/mol. The molecule has 22 nitrogen and oxygen atoms in total. The Labute approximate surface area is 499 Å². The topological polar surface area (TPSA) is 229 Å². The van der Waals surface area contributed by atoms with Gasteiger partial charge in [-0.05, 0) is 126 Å². The lowest BCUT2D eigenvalue weighted by Crippen LogP contribution is -2.51. The third-order valence-corrected chi connectivity index (χ3v) is 15.6. The standard InChI is InChI=1S/C30H35BrF3N7O5.C25H27BrF3N7O3/c1-5-22-24(38-10-12-39(13-11-38)28(44)46-29(2,3)4)26(43)41-27(36-25(37-41)18-8-14-45-15-9-18)40(22)17-23(42)35-21-7-6-19(16-20(21)31)30(32,33)34;1-2-19-21(34-9-7-30-8-10-34)23(38)36-24(32-22(33-36)15-5-11-39-12-6-15)35(19)14-20(37)31-18-4-3-16(13-17(18)26)25(27,28)29/h6-8,16H,5,9-15,17H2,1-4H3,(H,35,42);3-5,13,30H,2,6-12,14H2,1H3,(H,31,37). The van der Waals surface area contributed by atoms with Crippen LogP contribution in [-0.4, -0.2) is 146 Å². The Morgan fingerprint density at radius 3 is 1.44 bits per heavy atom. The quantitative estimate of drug-likeness (QED) is 0.0993. The third kappa shape index (κ3) is 14.2. The Morgan fingerprint density at radius 1 is 0.647 bits per heavy atom. The molecule has 8 heterocycles. The Bertz CT molecular complexity index is 3710. The number of carbonyl (C=O) groups excluding carboxylic acids is 3. The number of aromatic nitrogens is 8. The number of alkyl halides is 6. The van der Waals surface area contributed by atoms with Crippen molar-refractivity contribution < 1.29 is 54.9 Å². The summed E-state index contributed by atoms with van der Waals surface area (Å²) in [4.78, 5) is 81.9. The summed E-state index contributed by atoms with van der Waals surface area (Å²) >= 11 is 6.25. The molecule has 4 aliphatic rings. The number of anilines is 4. The number of hydrogen-bond donors (Lipinski definition) is 3. The van der Waals surface area contributed by atoms with Crippen LogP contribution in [0.1, 0.15) is 81.6 Å². The van der Waals surface area contributed by atoms with Crippen molar-refractivity contribution in [3.8, 4) is 0 Å². The van der Waals surface area contributed by atoms with Gasteiger partial charge in [0.15, 0.2) is 11.6 Å². The second-order valence-corrected chi connectivity index (χ2v) is 22.9. The summed E-state index contributed by atoms with van der Waals surface area (Å²) in [5.74, 6) is 0.0818. The number of hydrogen-bond acceptors (Lipinski definition) is 15. The van der Waals surface area contributed by atoms with Crippen LogP contribution in [0.5, 0.6) is 0 Å². The van der Waals surface area contributed by atoms with Gasteiger partial charge in [-0.15, -0.1) is 10.2 Å². The SMILES string of the molecule is CCc1c(N2CCN(C(=O)OC(C)(C)C)CC2)c(=O)n2nc(C3=CCOCC3)nc2n1CC(=O)Nc1ccc(C(F)(F)F)cc1Br.CCc1c(N2CCNCC2)c(=O)n2nc(C3=CCOCC3)nc2n1CC(=O)Nc1ccc(C(F)(F)F)cc1Br. The molecule has 0 atom stereocenters. The first-order valence-electron chi connectivity index (χ1n) is 27.4. The van der Waals surface area contributed by atoms with Gasteiger partial charge >= 0.3 is 18.4 Å². The second kappa shape index (κ2) is 25.8. The highest BCUT2D eigenvalue weighted by Gasteiger charge is 2.35. The minimum absolute atomic E-state index is 0.0659. The van der Waals surface area contributed by atoms with Crippen LogP contribution in [0.2, 0.25) is 0 Å². The van der Waals surface area contributed by atoms with Crippen molar-refractivity contribution in [1.29, 1.82) is 0 Å². The monoisotopic (exact) mass is 1320 g/mol. The zero-order valence-corrected chi connectivity index (χ0v) is 50.2. The number of halogens is 8. The van der Waals surface area contributed by atoms with Crippen molar-refractivity contribution in [3.05, 3.63) is 112 Å². The Hall–Kier alpha value is -7.15. The summed E-state index contributed by atoms with van der Waals surface area (Å²) in [5.41, 5.74) is 0.922. The van der Waals surface area contributed by atoms with E-state index in [1.807, 2.05) is 35.8 Å². The number of rotatable bonds is 12. The average Bonchev–Trinajstić information content (AvgIpc) is 1.83. The fraction of sp³-hybridized carbons (Fsp3) is 0.473. The summed E-state index contributed by atoms with van der Waals surface area (Å²) < 4.78 is 101. The number of nitrogens with one attached hydrogen (secondary N) is 3. The summed E-state index contributed by atoms with van der Waals surface area (Å²) in [7, 11) is 0. The summed E-state index contributed by atoms with van der Waals surface area (Å²) in [5, 5.41) is 17.7. The van der Waals surface area contributed by atoms with Crippen molar-refractivity contribution in [2.45, 2.75) is 91.3 Å². The van der Waals surface area contributed by atoms with E-state index < -0.39 is 52.5 Å². The molecule has 3 amide bonds. The minimum atomic E-state index is -4.54. The van der Waals surface area contributed by atoms with Crippen molar-refractivity contribution in [3.63, 3.8) is 0 Å². The molecule has 3 N–H and O–H groups in total. The van der Waals surface area contributed by atoms with Crippen molar-refractivity contribution in [1.82, 2.24) is 48.5 Å². The highest BCUT2D eigenvalue weighted by atomic mass is 79.9. The highest BCUT2D eigenvalue weighted by molar-refractivity contribution is 9.11. The Morgan fingerprint density at radius 2 is 1.07 bits per heavy atom. The van der Waals surface area contributed by atoms with E-state index in [0.717, 1.165) is 35.4 Å². The predicted octanol–water partition coefficient (Wildman–Crippen LogP) is 7.82. The number of piperazine rings is 2. The second-order valence-electron chi connectivity index (χ2n) is 21.2. The highest BCUT2D eigenvalue weighted by Crippen LogP contribution is 2.36. The number of benzene rings is 2. The van der Waals surface area contributed by atoms with Crippen molar-refractivity contribution in [2.75, 3.05) is 99.2 Å². The van der Waals surface area contributed by atoms with E-state index in [2.05, 4.69) is 68.0 Å². The molecule has 6 aromatic rings. The summed E-state index contributed by atoms with van der Waals surface area (Å²) in [6.07, 6.45) is -3.82. The molecule has 2 fully saturated rings.